The smallest absolute Gasteiger partial charge is 0.220 e. The van der Waals surface area contributed by atoms with E-state index in [1.54, 1.807) is 7.11 Å². The minimum Gasteiger partial charge on any atom is -0.391 e. The zero-order chi connectivity index (χ0) is 11.9. The lowest BCUT2D eigenvalue weighted by Gasteiger charge is -2.17. The fourth-order valence-electron chi connectivity index (χ4n) is 1.20. The Balaban J connectivity index is 3.55. The van der Waals surface area contributed by atoms with Crippen LogP contribution in [0.1, 0.15) is 33.6 Å². The van der Waals surface area contributed by atoms with Gasteiger partial charge in [0.1, 0.15) is 0 Å². The summed E-state index contributed by atoms with van der Waals surface area (Å²) in [6.45, 7) is 6.87. The first kappa shape index (κ1) is 14.4. The summed E-state index contributed by atoms with van der Waals surface area (Å²) in [7, 11) is 1.54. The molecule has 0 aliphatic rings. The first-order valence-electron chi connectivity index (χ1n) is 5.29. The van der Waals surface area contributed by atoms with Crippen molar-refractivity contribution in [3.8, 4) is 0 Å². The molecule has 0 rings (SSSR count). The summed E-state index contributed by atoms with van der Waals surface area (Å²) < 4.78 is 4.78. The van der Waals surface area contributed by atoms with Crippen LogP contribution in [0.5, 0.6) is 0 Å². The molecule has 0 spiro atoms. The third-order valence-electron chi connectivity index (χ3n) is 1.85. The van der Waals surface area contributed by atoms with E-state index in [0.717, 1.165) is 0 Å². The molecule has 0 aliphatic heterocycles. The van der Waals surface area contributed by atoms with Crippen molar-refractivity contribution in [2.45, 2.75) is 39.7 Å². The Morgan fingerprint density at radius 2 is 2.07 bits per heavy atom. The predicted molar refractivity (Wildman–Crippen MR) is 59.6 cm³/mol. The maximum Gasteiger partial charge on any atom is 0.220 e. The van der Waals surface area contributed by atoms with Crippen LogP contribution in [0.25, 0.3) is 0 Å². The Morgan fingerprint density at radius 3 is 2.53 bits per heavy atom. The molecule has 0 saturated heterocycles. The average molecular weight is 217 g/mol. The largest absolute Gasteiger partial charge is 0.391 e. The van der Waals surface area contributed by atoms with Crippen LogP contribution in [0.15, 0.2) is 0 Å². The molecule has 0 aromatic rings. The zero-order valence-electron chi connectivity index (χ0n) is 10.2. The van der Waals surface area contributed by atoms with Crippen LogP contribution in [-0.4, -0.2) is 37.4 Å². The molecule has 0 aromatic carbocycles. The van der Waals surface area contributed by atoms with E-state index in [-0.39, 0.29) is 11.3 Å². The van der Waals surface area contributed by atoms with Gasteiger partial charge in [0, 0.05) is 20.1 Å². The molecule has 2 N–H and O–H groups in total. The maximum absolute atomic E-state index is 11.4. The van der Waals surface area contributed by atoms with Crippen LogP contribution in [0, 0.1) is 5.41 Å². The molecule has 1 unspecified atom stereocenters. The molecule has 1 atom stereocenters. The van der Waals surface area contributed by atoms with Gasteiger partial charge in [-0.05, 0) is 11.8 Å². The number of carbonyl (C=O) groups excluding carboxylic acids is 1. The molecular weight excluding hydrogens is 194 g/mol. The van der Waals surface area contributed by atoms with Crippen molar-refractivity contribution in [1.29, 1.82) is 0 Å². The molecule has 0 heterocycles. The van der Waals surface area contributed by atoms with Crippen molar-refractivity contribution in [3.05, 3.63) is 0 Å². The van der Waals surface area contributed by atoms with Crippen LogP contribution in [0.3, 0.4) is 0 Å². The second kappa shape index (κ2) is 6.80. The standard InChI is InChI=1S/C11H23NO3/c1-11(2,3)7-10(14)12-6-5-9(13)8-15-4/h9,13H,5-8H2,1-4H3,(H,12,14). The number of hydrogen-bond acceptors (Lipinski definition) is 3. The van der Waals surface area contributed by atoms with Gasteiger partial charge in [-0.25, -0.2) is 0 Å². The SMILES string of the molecule is COCC(O)CCNC(=O)CC(C)(C)C. The molecule has 0 bridgehead atoms. The Morgan fingerprint density at radius 1 is 1.47 bits per heavy atom. The number of hydrogen-bond donors (Lipinski definition) is 2. The molecule has 4 nitrogen and oxygen atoms in total. The number of ether oxygens (including phenoxy) is 1. The van der Waals surface area contributed by atoms with Crippen molar-refractivity contribution >= 4 is 5.91 Å². The Kier molecular flexibility index (Phi) is 6.52. The van der Waals surface area contributed by atoms with E-state index >= 15 is 0 Å². The second-order valence-corrected chi connectivity index (χ2v) is 4.99. The van der Waals surface area contributed by atoms with Gasteiger partial charge in [-0.1, -0.05) is 20.8 Å². The fourth-order valence-corrected chi connectivity index (χ4v) is 1.20. The van der Waals surface area contributed by atoms with Crippen LogP contribution in [-0.2, 0) is 9.53 Å². The highest BCUT2D eigenvalue weighted by Crippen LogP contribution is 2.17. The van der Waals surface area contributed by atoms with Crippen molar-refractivity contribution in [3.63, 3.8) is 0 Å². The van der Waals surface area contributed by atoms with Gasteiger partial charge in [0.15, 0.2) is 0 Å². The monoisotopic (exact) mass is 217 g/mol. The van der Waals surface area contributed by atoms with Gasteiger partial charge in [0.2, 0.25) is 5.91 Å². The summed E-state index contributed by atoms with van der Waals surface area (Å²) in [6, 6.07) is 0. The normalized spacial score (nSPS) is 13.7. The van der Waals surface area contributed by atoms with Gasteiger partial charge in [-0.3, -0.25) is 4.79 Å². The predicted octanol–water partition coefficient (Wildman–Crippen LogP) is 0.936. The van der Waals surface area contributed by atoms with Crippen molar-refractivity contribution < 1.29 is 14.6 Å². The Bertz CT molecular complexity index is 187. The summed E-state index contributed by atoms with van der Waals surface area (Å²) in [5.41, 5.74) is 0.00916. The van der Waals surface area contributed by atoms with Gasteiger partial charge in [0.25, 0.3) is 0 Å². The third kappa shape index (κ3) is 9.69. The minimum atomic E-state index is -0.495. The highest BCUT2D eigenvalue weighted by Gasteiger charge is 2.15. The molecule has 0 aliphatic carbocycles. The minimum absolute atomic E-state index is 0.00916. The van der Waals surface area contributed by atoms with Crippen molar-refractivity contribution in [1.82, 2.24) is 5.32 Å². The van der Waals surface area contributed by atoms with Crippen LogP contribution in [0.2, 0.25) is 0 Å². The van der Waals surface area contributed by atoms with E-state index in [9.17, 15) is 9.90 Å². The lowest BCUT2D eigenvalue weighted by Crippen LogP contribution is -2.30. The number of aliphatic hydroxyl groups is 1. The van der Waals surface area contributed by atoms with Gasteiger partial charge >= 0.3 is 0 Å². The molecule has 0 aromatic heterocycles. The molecule has 90 valence electrons. The number of amides is 1. The molecule has 0 saturated carbocycles. The van der Waals surface area contributed by atoms with Gasteiger partial charge in [-0.15, -0.1) is 0 Å². The second-order valence-electron chi connectivity index (χ2n) is 4.99. The maximum atomic E-state index is 11.4. The topological polar surface area (TPSA) is 58.6 Å². The Labute approximate surface area is 92.0 Å². The van der Waals surface area contributed by atoms with Crippen molar-refractivity contribution in [2.75, 3.05) is 20.3 Å². The first-order valence-corrected chi connectivity index (χ1v) is 5.29. The van der Waals surface area contributed by atoms with E-state index in [1.165, 1.54) is 0 Å². The van der Waals surface area contributed by atoms with E-state index < -0.39 is 6.10 Å². The fraction of sp³-hybridized carbons (Fsp3) is 0.909. The summed E-state index contributed by atoms with van der Waals surface area (Å²) >= 11 is 0. The first-order chi connectivity index (χ1) is 6.85. The van der Waals surface area contributed by atoms with E-state index in [1.807, 2.05) is 20.8 Å². The van der Waals surface area contributed by atoms with E-state index in [4.69, 9.17) is 4.74 Å². The molecule has 1 amide bonds. The molecule has 0 fully saturated rings. The zero-order valence-corrected chi connectivity index (χ0v) is 10.2. The van der Waals surface area contributed by atoms with Crippen LogP contribution < -0.4 is 5.32 Å². The number of aliphatic hydroxyl groups excluding tert-OH is 1. The van der Waals surface area contributed by atoms with E-state index in [0.29, 0.717) is 26.0 Å². The quantitative estimate of drug-likeness (QED) is 0.696. The lowest BCUT2D eigenvalue weighted by atomic mass is 9.92. The summed E-state index contributed by atoms with van der Waals surface area (Å²) in [6.07, 6.45) is 0.543. The molecule has 4 heteroatoms. The molecular formula is C11H23NO3. The number of methoxy groups -OCH3 is 1. The third-order valence-corrected chi connectivity index (χ3v) is 1.85. The van der Waals surface area contributed by atoms with Crippen LogP contribution in [0.4, 0.5) is 0 Å². The average Bonchev–Trinajstić information content (AvgIpc) is 2.00. The highest BCUT2D eigenvalue weighted by molar-refractivity contribution is 5.76. The molecule has 15 heavy (non-hydrogen) atoms. The van der Waals surface area contributed by atoms with Gasteiger partial charge in [0.05, 0.1) is 12.7 Å². The summed E-state index contributed by atoms with van der Waals surface area (Å²) in [4.78, 5) is 11.4. The summed E-state index contributed by atoms with van der Waals surface area (Å²) in [5.74, 6) is 0.0344. The van der Waals surface area contributed by atoms with Crippen LogP contribution >= 0.6 is 0 Å². The van der Waals surface area contributed by atoms with Gasteiger partial charge in [-0.2, -0.15) is 0 Å². The highest BCUT2D eigenvalue weighted by atomic mass is 16.5. The summed E-state index contributed by atoms with van der Waals surface area (Å²) in [5, 5.41) is 12.1. The molecule has 0 radical (unpaired) electrons. The van der Waals surface area contributed by atoms with Gasteiger partial charge < -0.3 is 15.2 Å². The lowest BCUT2D eigenvalue weighted by molar-refractivity contribution is -0.122. The number of nitrogens with one attached hydrogen (secondary N) is 1. The Hall–Kier alpha value is -0.610. The van der Waals surface area contributed by atoms with Crippen molar-refractivity contribution in [2.24, 2.45) is 5.41 Å². The number of carbonyl (C=O) groups is 1. The van der Waals surface area contributed by atoms with E-state index in [2.05, 4.69) is 5.32 Å². The number of rotatable bonds is 6.